The molecule has 0 saturated heterocycles. The summed E-state index contributed by atoms with van der Waals surface area (Å²) in [6.07, 6.45) is 2.91. The van der Waals surface area contributed by atoms with E-state index in [-0.39, 0.29) is 24.0 Å². The van der Waals surface area contributed by atoms with E-state index in [1.807, 2.05) is 0 Å². The maximum absolute atomic E-state index is 14.0. The zero-order valence-corrected chi connectivity index (χ0v) is 16.6. The monoisotopic (exact) mass is 408 g/mol. The molecule has 0 saturated carbocycles. The summed E-state index contributed by atoms with van der Waals surface area (Å²) in [6.45, 7) is 1.83. The summed E-state index contributed by atoms with van der Waals surface area (Å²) >= 11 is 0. The second kappa shape index (κ2) is 7.11. The molecule has 30 heavy (non-hydrogen) atoms. The number of hydrogen-bond acceptors (Lipinski definition) is 6. The number of carbonyl (C=O) groups is 1. The fourth-order valence-electron chi connectivity index (χ4n) is 3.54. The van der Waals surface area contributed by atoms with Crippen LogP contribution in [-0.2, 0) is 13.6 Å². The van der Waals surface area contributed by atoms with Crippen molar-refractivity contribution in [2.45, 2.75) is 19.6 Å². The molecule has 9 nitrogen and oxygen atoms in total. The number of carbonyl (C=O) groups excluding carboxylic acids is 1. The van der Waals surface area contributed by atoms with Crippen molar-refractivity contribution in [1.29, 1.82) is 5.26 Å². The minimum Gasteiger partial charge on any atom is -0.482 e. The van der Waals surface area contributed by atoms with Crippen LogP contribution >= 0.6 is 0 Å². The third kappa shape index (κ3) is 3.10. The number of amides is 1. The van der Waals surface area contributed by atoms with Crippen molar-refractivity contribution in [1.82, 2.24) is 19.8 Å². The van der Waals surface area contributed by atoms with Crippen LogP contribution in [0.4, 0.5) is 10.2 Å². The van der Waals surface area contributed by atoms with Crippen LogP contribution in [0.3, 0.4) is 0 Å². The van der Waals surface area contributed by atoms with Crippen molar-refractivity contribution in [3.8, 4) is 23.2 Å². The second-order valence-electron chi connectivity index (χ2n) is 7.06. The van der Waals surface area contributed by atoms with E-state index in [4.69, 9.17) is 10.5 Å². The number of ether oxygens (including phenoxy) is 1. The number of aromatic nitrogens is 4. The van der Waals surface area contributed by atoms with E-state index < -0.39 is 11.9 Å². The number of halogens is 1. The molecule has 10 heteroatoms. The third-order valence-corrected chi connectivity index (χ3v) is 5.01. The van der Waals surface area contributed by atoms with E-state index in [2.05, 4.69) is 16.3 Å². The Morgan fingerprint density at radius 2 is 2.13 bits per heavy atom. The molecular formula is C20H19FN7O2+. The number of benzene rings is 1. The highest BCUT2D eigenvalue weighted by atomic mass is 19.1. The van der Waals surface area contributed by atoms with E-state index >= 15 is 0 Å². The summed E-state index contributed by atoms with van der Waals surface area (Å²) in [5.74, 6) is -0.404. The number of anilines is 1. The number of pyridine rings is 1. The molecule has 1 amide bonds. The second-order valence-corrected chi connectivity index (χ2v) is 7.06. The molecule has 0 radical (unpaired) electrons. The Bertz CT molecular complexity index is 1210. The third-order valence-electron chi connectivity index (χ3n) is 5.01. The minimum atomic E-state index is -0.678. The Morgan fingerprint density at radius 3 is 2.87 bits per heavy atom. The first-order chi connectivity index (χ1) is 14.3. The van der Waals surface area contributed by atoms with Crippen molar-refractivity contribution in [3.05, 3.63) is 53.1 Å². The fourth-order valence-corrected chi connectivity index (χ4v) is 3.54. The Hall–Kier alpha value is -4.00. The van der Waals surface area contributed by atoms with Gasteiger partial charge in [-0.3, -0.25) is 4.79 Å². The van der Waals surface area contributed by atoms with Crippen LogP contribution in [0.15, 0.2) is 30.5 Å². The van der Waals surface area contributed by atoms with Crippen LogP contribution in [0, 0.1) is 17.3 Å². The standard InChI is InChI=1S/C20H18FN7O2/c1-11-15-7-13(21)4-5-14(15)20(29)26(2)9-16-18(28(10-22)27(3)25-16)12-6-17(30-11)19(23)24-8-12/h4-8,11,23H,9H2,1-3H3/p+1/t11-/m1/s1. The normalized spacial score (nSPS) is 15.9. The van der Waals surface area contributed by atoms with Gasteiger partial charge in [-0.2, -0.15) is 0 Å². The summed E-state index contributed by atoms with van der Waals surface area (Å²) in [7, 11) is 3.24. The molecule has 2 bridgehead atoms. The van der Waals surface area contributed by atoms with Crippen LogP contribution < -0.4 is 15.2 Å². The van der Waals surface area contributed by atoms with E-state index in [1.54, 1.807) is 27.1 Å². The van der Waals surface area contributed by atoms with Gasteiger partial charge in [-0.15, -0.1) is 0 Å². The lowest BCUT2D eigenvalue weighted by molar-refractivity contribution is -0.669. The quantitative estimate of drug-likeness (QED) is 0.565. The average Bonchev–Trinajstić information content (AvgIpc) is 3.03. The minimum absolute atomic E-state index is 0.127. The average molecular weight is 408 g/mol. The molecule has 1 aliphatic heterocycles. The molecule has 3 heterocycles. The van der Waals surface area contributed by atoms with E-state index in [0.717, 1.165) is 0 Å². The Morgan fingerprint density at radius 1 is 1.37 bits per heavy atom. The molecule has 152 valence electrons. The molecule has 3 aromatic rings. The molecule has 0 fully saturated rings. The van der Waals surface area contributed by atoms with Gasteiger partial charge in [-0.25, -0.2) is 9.37 Å². The van der Waals surface area contributed by atoms with Crippen molar-refractivity contribution in [2.24, 2.45) is 7.05 Å². The lowest BCUT2D eigenvalue weighted by Crippen LogP contribution is -2.39. The highest BCUT2D eigenvalue weighted by Crippen LogP contribution is 2.33. The molecule has 1 atom stereocenters. The number of nitrogen functional groups attached to an aromatic ring is 1. The van der Waals surface area contributed by atoms with Gasteiger partial charge in [0.2, 0.25) is 5.69 Å². The highest BCUT2D eigenvalue weighted by molar-refractivity contribution is 5.95. The molecule has 2 aromatic heterocycles. The largest absolute Gasteiger partial charge is 0.482 e. The maximum Gasteiger partial charge on any atom is 0.394 e. The first-order valence-corrected chi connectivity index (χ1v) is 9.16. The number of fused-ring (bicyclic) bond motifs is 5. The lowest BCUT2D eigenvalue weighted by atomic mass is 10.0. The van der Waals surface area contributed by atoms with Gasteiger partial charge in [0.1, 0.15) is 11.9 Å². The van der Waals surface area contributed by atoms with Gasteiger partial charge < -0.3 is 15.4 Å². The number of aryl methyl sites for hydroxylation is 1. The molecular weight excluding hydrogens is 389 g/mol. The number of nitriles is 1. The van der Waals surface area contributed by atoms with Gasteiger partial charge in [-0.1, -0.05) is 9.48 Å². The summed E-state index contributed by atoms with van der Waals surface area (Å²) < 4.78 is 21.2. The molecule has 1 aliphatic rings. The molecule has 0 spiro atoms. The first-order valence-electron chi connectivity index (χ1n) is 9.16. The molecule has 0 aliphatic carbocycles. The Labute approximate surface area is 171 Å². The van der Waals surface area contributed by atoms with Gasteiger partial charge in [-0.05, 0) is 36.3 Å². The van der Waals surface area contributed by atoms with Crippen LogP contribution in [0.2, 0.25) is 0 Å². The number of nitrogens with two attached hydrogens (primary N) is 1. The van der Waals surface area contributed by atoms with Crippen LogP contribution in [0.25, 0.3) is 11.3 Å². The van der Waals surface area contributed by atoms with Crippen LogP contribution in [-0.4, -0.2) is 32.7 Å². The topological polar surface area (TPSA) is 114 Å². The van der Waals surface area contributed by atoms with Crippen molar-refractivity contribution in [2.75, 3.05) is 12.8 Å². The lowest BCUT2D eigenvalue weighted by Gasteiger charge is -2.23. The predicted octanol–water partition coefficient (Wildman–Crippen LogP) is 1.55. The number of hydrogen-bond donors (Lipinski definition) is 1. The van der Waals surface area contributed by atoms with Gasteiger partial charge in [0.15, 0.2) is 17.3 Å². The number of nitrogens with zero attached hydrogens (tertiary/aromatic N) is 6. The molecule has 4 rings (SSSR count). The highest BCUT2D eigenvalue weighted by Gasteiger charge is 2.30. The van der Waals surface area contributed by atoms with E-state index in [9.17, 15) is 14.4 Å². The SMILES string of the molecule is C[C@H]1Oc2cc(cnc2N)-c2c(nn(C)[n+]2C#N)CN(C)C(=O)c2ccc(F)cc21. The molecule has 2 N–H and O–H groups in total. The zero-order valence-electron chi connectivity index (χ0n) is 16.6. The first kappa shape index (κ1) is 19.3. The van der Waals surface area contributed by atoms with E-state index in [1.165, 1.54) is 38.8 Å². The van der Waals surface area contributed by atoms with Crippen molar-refractivity contribution >= 4 is 11.7 Å². The van der Waals surface area contributed by atoms with Gasteiger partial charge >= 0.3 is 6.19 Å². The van der Waals surface area contributed by atoms with E-state index in [0.29, 0.717) is 28.1 Å². The van der Waals surface area contributed by atoms with Crippen LogP contribution in [0.1, 0.15) is 34.6 Å². The zero-order chi connectivity index (χ0) is 21.6. The summed E-state index contributed by atoms with van der Waals surface area (Å²) in [5, 5.41) is 14.0. The van der Waals surface area contributed by atoms with Gasteiger partial charge in [0.05, 0.1) is 13.6 Å². The number of rotatable bonds is 0. The fraction of sp³-hybridized carbons (Fsp3) is 0.250. The molecule has 1 aromatic carbocycles. The van der Waals surface area contributed by atoms with Crippen LogP contribution in [0.5, 0.6) is 5.75 Å². The molecule has 0 unspecified atom stereocenters. The predicted molar refractivity (Wildman–Crippen MR) is 103 cm³/mol. The summed E-state index contributed by atoms with van der Waals surface area (Å²) in [4.78, 5) is 20.2. The smallest absolute Gasteiger partial charge is 0.394 e. The van der Waals surface area contributed by atoms with Crippen molar-refractivity contribution < 1.29 is 18.6 Å². The summed E-state index contributed by atoms with van der Waals surface area (Å²) in [5.41, 5.74) is 8.21. The van der Waals surface area contributed by atoms with Gasteiger partial charge in [0, 0.05) is 35.2 Å². The van der Waals surface area contributed by atoms with Crippen molar-refractivity contribution in [3.63, 3.8) is 0 Å². The summed E-state index contributed by atoms with van der Waals surface area (Å²) in [6, 6.07) is 5.61. The maximum atomic E-state index is 14.0. The Kier molecular flexibility index (Phi) is 4.58. The van der Waals surface area contributed by atoms with Gasteiger partial charge in [0.25, 0.3) is 5.91 Å². The Balaban J connectivity index is 1.98.